The predicted octanol–water partition coefficient (Wildman–Crippen LogP) is 6.17. The summed E-state index contributed by atoms with van der Waals surface area (Å²) < 4.78 is 11.8. The van der Waals surface area contributed by atoms with Crippen LogP contribution in [0.1, 0.15) is 68.2 Å². The van der Waals surface area contributed by atoms with E-state index in [9.17, 15) is 0 Å². The first-order valence-corrected chi connectivity index (χ1v) is 10.6. The van der Waals surface area contributed by atoms with Gasteiger partial charge in [-0.2, -0.15) is 0 Å². The molecule has 1 heterocycles. The van der Waals surface area contributed by atoms with Crippen LogP contribution in [0.3, 0.4) is 0 Å². The van der Waals surface area contributed by atoms with E-state index in [2.05, 4.69) is 55.0 Å². The fraction of sp³-hybridized carbons (Fsp3) is 0.913. The van der Waals surface area contributed by atoms with Gasteiger partial charge in [-0.25, -0.2) is 0 Å². The van der Waals surface area contributed by atoms with Crippen LogP contribution in [0.5, 0.6) is 0 Å². The Hall–Kier alpha value is -0.340. The number of hydrogen-bond acceptors (Lipinski definition) is 2. The Morgan fingerprint density at radius 2 is 1.64 bits per heavy atom. The molecular weight excluding hydrogens is 308 g/mol. The molecule has 2 nitrogen and oxygen atoms in total. The zero-order chi connectivity index (χ0) is 18.9. The highest BCUT2D eigenvalue weighted by molar-refractivity contribution is 5.08. The number of rotatable bonds is 6. The molecule has 0 aromatic carbocycles. The Kier molecular flexibility index (Phi) is 7.18. The monoisotopic (exact) mass is 350 g/mol. The highest BCUT2D eigenvalue weighted by atomic mass is 16.7. The van der Waals surface area contributed by atoms with Crippen LogP contribution < -0.4 is 0 Å². The molecule has 0 amide bonds. The Labute approximate surface area is 156 Å². The summed E-state index contributed by atoms with van der Waals surface area (Å²) in [6, 6.07) is 0. The maximum atomic E-state index is 6.14. The van der Waals surface area contributed by atoms with Gasteiger partial charge < -0.3 is 9.47 Å². The van der Waals surface area contributed by atoms with Crippen molar-refractivity contribution in [3.05, 3.63) is 12.2 Å². The van der Waals surface area contributed by atoms with E-state index in [4.69, 9.17) is 9.47 Å². The van der Waals surface area contributed by atoms with Crippen molar-refractivity contribution in [1.82, 2.24) is 0 Å². The third-order valence-corrected chi connectivity index (χ3v) is 7.84. The second-order valence-electron chi connectivity index (χ2n) is 9.57. The van der Waals surface area contributed by atoms with Gasteiger partial charge in [0, 0.05) is 5.92 Å². The first-order chi connectivity index (χ1) is 11.6. The van der Waals surface area contributed by atoms with Gasteiger partial charge in [0.2, 0.25) is 0 Å². The third-order valence-electron chi connectivity index (χ3n) is 7.84. The van der Waals surface area contributed by atoms with E-state index < -0.39 is 0 Å². The molecule has 1 unspecified atom stereocenters. The van der Waals surface area contributed by atoms with E-state index in [0.717, 1.165) is 30.8 Å². The van der Waals surface area contributed by atoms with Crippen LogP contribution in [-0.4, -0.2) is 19.0 Å². The zero-order valence-corrected chi connectivity index (χ0v) is 17.9. The van der Waals surface area contributed by atoms with Gasteiger partial charge in [-0.1, -0.05) is 60.6 Å². The van der Waals surface area contributed by atoms with Crippen molar-refractivity contribution in [2.75, 3.05) is 6.61 Å². The van der Waals surface area contributed by atoms with Crippen molar-refractivity contribution in [2.24, 2.45) is 47.3 Å². The molecule has 2 heteroatoms. The van der Waals surface area contributed by atoms with Crippen molar-refractivity contribution < 1.29 is 9.47 Å². The molecule has 0 radical (unpaired) electrons. The van der Waals surface area contributed by atoms with Crippen molar-refractivity contribution in [2.45, 2.75) is 80.6 Å². The molecular formula is C23H42O2. The summed E-state index contributed by atoms with van der Waals surface area (Å²) in [5, 5.41) is 0. The molecule has 0 N–H and O–H groups in total. The van der Waals surface area contributed by atoms with Crippen molar-refractivity contribution in [3.8, 4) is 0 Å². The molecule has 0 aromatic rings. The first kappa shape index (κ1) is 21.0. The summed E-state index contributed by atoms with van der Waals surface area (Å²) >= 11 is 0. The van der Waals surface area contributed by atoms with E-state index in [-0.39, 0.29) is 6.29 Å². The van der Waals surface area contributed by atoms with Gasteiger partial charge >= 0.3 is 0 Å². The van der Waals surface area contributed by atoms with E-state index >= 15 is 0 Å². The van der Waals surface area contributed by atoms with Gasteiger partial charge in [-0.05, 0) is 61.2 Å². The Balaban J connectivity index is 1.93. The average molecular weight is 351 g/mol. The quantitative estimate of drug-likeness (QED) is 0.534. The Morgan fingerprint density at radius 1 is 1.00 bits per heavy atom. The molecule has 1 aliphatic carbocycles. The Bertz CT molecular complexity index is 445. The van der Waals surface area contributed by atoms with Gasteiger partial charge in [0.1, 0.15) is 0 Å². The van der Waals surface area contributed by atoms with E-state index in [1.807, 2.05) is 6.92 Å². The molecule has 1 aliphatic heterocycles. The van der Waals surface area contributed by atoms with Crippen LogP contribution >= 0.6 is 0 Å². The maximum Gasteiger partial charge on any atom is 0.155 e. The zero-order valence-electron chi connectivity index (χ0n) is 17.9. The number of allylic oxidation sites excluding steroid dienone is 1. The van der Waals surface area contributed by atoms with Crippen LogP contribution in [-0.2, 0) is 9.47 Å². The fourth-order valence-electron chi connectivity index (χ4n) is 5.24. The lowest BCUT2D eigenvalue weighted by Crippen LogP contribution is -2.43. The topological polar surface area (TPSA) is 18.5 Å². The summed E-state index contributed by atoms with van der Waals surface area (Å²) in [4.78, 5) is 0. The minimum Gasteiger partial charge on any atom is -0.353 e. The van der Waals surface area contributed by atoms with Crippen LogP contribution in [0.2, 0.25) is 0 Å². The maximum absolute atomic E-state index is 6.14. The van der Waals surface area contributed by atoms with Gasteiger partial charge in [0.15, 0.2) is 6.29 Å². The van der Waals surface area contributed by atoms with E-state index in [0.29, 0.717) is 35.7 Å². The lowest BCUT2D eigenvalue weighted by atomic mass is 9.74. The molecule has 1 saturated carbocycles. The van der Waals surface area contributed by atoms with Crippen LogP contribution in [0, 0.1) is 47.3 Å². The summed E-state index contributed by atoms with van der Waals surface area (Å²) in [5.74, 6) is 5.45. The molecule has 0 bridgehead atoms. The first-order valence-electron chi connectivity index (χ1n) is 10.6. The van der Waals surface area contributed by atoms with Crippen LogP contribution in [0.25, 0.3) is 0 Å². The highest BCUT2D eigenvalue weighted by Gasteiger charge is 2.38. The second kappa shape index (κ2) is 8.57. The van der Waals surface area contributed by atoms with Crippen LogP contribution in [0.15, 0.2) is 12.2 Å². The molecule has 2 aliphatic rings. The van der Waals surface area contributed by atoms with Crippen molar-refractivity contribution in [1.29, 1.82) is 0 Å². The summed E-state index contributed by atoms with van der Waals surface area (Å²) in [6.45, 7) is 24.1. The number of hydrogen-bond donors (Lipinski definition) is 0. The molecule has 0 aromatic heterocycles. The minimum atomic E-state index is -0.0663. The molecule has 2 rings (SSSR count). The van der Waals surface area contributed by atoms with Gasteiger partial charge in [-0.3, -0.25) is 0 Å². The molecule has 146 valence electrons. The SMILES string of the molecule is C=C(C[C@@H](C)[C@H](C)[C@@H](C)[C@@H]1O[C@H](C)OC[C@H]1C)C1C[C@@H](C)[C@@H](C)[C@@H]1C. The van der Waals surface area contributed by atoms with E-state index in [1.54, 1.807) is 0 Å². The lowest BCUT2D eigenvalue weighted by Gasteiger charge is -2.40. The van der Waals surface area contributed by atoms with Gasteiger partial charge in [-0.15, -0.1) is 0 Å². The highest BCUT2D eigenvalue weighted by Crippen LogP contribution is 2.46. The normalized spacial score (nSPS) is 42.8. The molecule has 0 spiro atoms. The van der Waals surface area contributed by atoms with Crippen molar-refractivity contribution >= 4 is 0 Å². The molecule has 1 saturated heterocycles. The van der Waals surface area contributed by atoms with Crippen molar-refractivity contribution in [3.63, 3.8) is 0 Å². The summed E-state index contributed by atoms with van der Waals surface area (Å²) in [5.41, 5.74) is 1.49. The Morgan fingerprint density at radius 3 is 2.20 bits per heavy atom. The van der Waals surface area contributed by atoms with Gasteiger partial charge in [0.25, 0.3) is 0 Å². The fourth-order valence-corrected chi connectivity index (χ4v) is 5.24. The third kappa shape index (κ3) is 4.69. The summed E-state index contributed by atoms with van der Waals surface area (Å²) in [7, 11) is 0. The average Bonchev–Trinajstić information content (AvgIpc) is 2.83. The standard InChI is InChI=1S/C23H42O2/c1-13(10-15(3)22-11-14(2)17(5)19(22)7)18(6)20(8)23-16(4)12-24-21(9)25-23/h13-14,16-23H,3,10-12H2,1-2,4-9H3/t13-,14-,16-,17-,18+,19+,20-,21-,22?,23-/m1/s1. The summed E-state index contributed by atoms with van der Waals surface area (Å²) in [6.07, 6.45) is 2.73. The molecule has 25 heavy (non-hydrogen) atoms. The van der Waals surface area contributed by atoms with Gasteiger partial charge in [0.05, 0.1) is 12.7 Å². The van der Waals surface area contributed by atoms with Crippen LogP contribution in [0.4, 0.5) is 0 Å². The van der Waals surface area contributed by atoms with E-state index in [1.165, 1.54) is 12.0 Å². The second-order valence-corrected chi connectivity index (χ2v) is 9.57. The number of ether oxygens (including phenoxy) is 2. The molecule has 10 atom stereocenters. The smallest absolute Gasteiger partial charge is 0.155 e. The predicted molar refractivity (Wildman–Crippen MR) is 106 cm³/mol. The minimum absolute atomic E-state index is 0.0663. The lowest BCUT2D eigenvalue weighted by molar-refractivity contribution is -0.240. The molecule has 2 fully saturated rings. The largest absolute Gasteiger partial charge is 0.353 e.